The highest BCUT2D eigenvalue weighted by molar-refractivity contribution is 5.97. The molecule has 8 nitrogen and oxygen atoms in total. The van der Waals surface area contributed by atoms with Gasteiger partial charge in [0.25, 0.3) is 5.91 Å². The number of nitrogens with zero attached hydrogens (tertiary/aromatic N) is 5. The average Bonchev–Trinajstić information content (AvgIpc) is 3.08. The SMILES string of the molecule is CC(O)(Cn1cnc2nc(C#N)ccc21)C(=O)Nc1ccc(C#N)c(C(F)(F)F)c1. The zero-order chi connectivity index (χ0) is 22.1. The van der Waals surface area contributed by atoms with Gasteiger partial charge in [-0.05, 0) is 37.3 Å². The van der Waals surface area contributed by atoms with Gasteiger partial charge in [-0.3, -0.25) is 4.79 Å². The summed E-state index contributed by atoms with van der Waals surface area (Å²) in [5.74, 6) is -0.955. The molecular weight excluding hydrogens is 401 g/mol. The molecule has 0 aliphatic heterocycles. The van der Waals surface area contributed by atoms with E-state index in [1.54, 1.807) is 6.07 Å². The van der Waals surface area contributed by atoms with Crippen LogP contribution in [0.4, 0.5) is 18.9 Å². The number of benzene rings is 1. The van der Waals surface area contributed by atoms with Crippen LogP contribution in [-0.4, -0.2) is 31.1 Å². The molecule has 0 spiro atoms. The maximum Gasteiger partial charge on any atom is 0.417 e. The third-order valence-electron chi connectivity index (χ3n) is 4.27. The number of aliphatic hydroxyl groups is 1. The van der Waals surface area contributed by atoms with Crippen LogP contribution >= 0.6 is 0 Å². The summed E-state index contributed by atoms with van der Waals surface area (Å²) in [6, 6.07) is 9.03. The Morgan fingerprint density at radius 3 is 2.60 bits per heavy atom. The highest BCUT2D eigenvalue weighted by atomic mass is 19.4. The van der Waals surface area contributed by atoms with Crippen LogP contribution in [0.5, 0.6) is 0 Å². The van der Waals surface area contributed by atoms with Crippen molar-refractivity contribution < 1.29 is 23.1 Å². The Balaban J connectivity index is 1.83. The van der Waals surface area contributed by atoms with E-state index in [4.69, 9.17) is 10.5 Å². The molecule has 1 aromatic carbocycles. The van der Waals surface area contributed by atoms with Crippen molar-refractivity contribution in [3.63, 3.8) is 0 Å². The molecule has 2 heterocycles. The number of aromatic nitrogens is 3. The van der Waals surface area contributed by atoms with Gasteiger partial charge in [0.15, 0.2) is 11.2 Å². The molecule has 1 amide bonds. The van der Waals surface area contributed by atoms with Crippen molar-refractivity contribution in [2.45, 2.75) is 25.2 Å². The van der Waals surface area contributed by atoms with Gasteiger partial charge in [0.2, 0.25) is 0 Å². The van der Waals surface area contributed by atoms with Crippen molar-refractivity contribution in [3.05, 3.63) is 53.5 Å². The lowest BCUT2D eigenvalue weighted by Crippen LogP contribution is -2.43. The monoisotopic (exact) mass is 414 g/mol. The molecule has 2 aromatic heterocycles. The van der Waals surface area contributed by atoms with Gasteiger partial charge in [0.05, 0.1) is 35.6 Å². The fraction of sp³-hybridized carbons (Fsp3) is 0.211. The molecule has 30 heavy (non-hydrogen) atoms. The molecular formula is C19H13F3N6O2. The largest absolute Gasteiger partial charge is 0.417 e. The van der Waals surface area contributed by atoms with E-state index in [0.717, 1.165) is 12.1 Å². The second-order valence-corrected chi connectivity index (χ2v) is 6.62. The van der Waals surface area contributed by atoms with Gasteiger partial charge < -0.3 is 15.0 Å². The molecule has 0 bridgehead atoms. The molecule has 0 aliphatic carbocycles. The Kier molecular flexibility index (Phi) is 5.16. The molecule has 3 aromatic rings. The van der Waals surface area contributed by atoms with Crippen molar-refractivity contribution in [2.75, 3.05) is 5.32 Å². The number of nitriles is 2. The smallest absolute Gasteiger partial charge is 0.378 e. The number of amides is 1. The van der Waals surface area contributed by atoms with Gasteiger partial charge in [-0.1, -0.05) is 0 Å². The molecule has 0 saturated carbocycles. The van der Waals surface area contributed by atoms with Gasteiger partial charge in [0.1, 0.15) is 11.8 Å². The van der Waals surface area contributed by atoms with E-state index in [0.29, 0.717) is 11.6 Å². The van der Waals surface area contributed by atoms with E-state index in [9.17, 15) is 23.1 Å². The zero-order valence-corrected chi connectivity index (χ0v) is 15.4. The van der Waals surface area contributed by atoms with E-state index < -0.39 is 28.8 Å². The van der Waals surface area contributed by atoms with Crippen LogP contribution in [0.25, 0.3) is 11.2 Å². The minimum atomic E-state index is -4.78. The Morgan fingerprint density at radius 2 is 1.97 bits per heavy atom. The number of anilines is 1. The first-order valence-electron chi connectivity index (χ1n) is 8.42. The van der Waals surface area contributed by atoms with Crippen molar-refractivity contribution in [1.82, 2.24) is 14.5 Å². The van der Waals surface area contributed by atoms with Crippen LogP contribution in [0, 0.1) is 22.7 Å². The molecule has 3 rings (SSSR count). The van der Waals surface area contributed by atoms with Crippen LogP contribution in [0.1, 0.15) is 23.7 Å². The number of halogens is 3. The van der Waals surface area contributed by atoms with Crippen LogP contribution < -0.4 is 5.32 Å². The minimum absolute atomic E-state index is 0.151. The van der Waals surface area contributed by atoms with Crippen LogP contribution in [0.2, 0.25) is 0 Å². The summed E-state index contributed by atoms with van der Waals surface area (Å²) < 4.78 is 40.7. The van der Waals surface area contributed by atoms with Crippen LogP contribution in [-0.2, 0) is 17.5 Å². The fourth-order valence-electron chi connectivity index (χ4n) is 2.76. The normalized spacial score (nSPS) is 13.3. The van der Waals surface area contributed by atoms with E-state index in [2.05, 4.69) is 15.3 Å². The lowest BCUT2D eigenvalue weighted by molar-refractivity contribution is -0.138. The first kappa shape index (κ1) is 20.8. The topological polar surface area (TPSA) is 128 Å². The molecule has 0 aliphatic rings. The lowest BCUT2D eigenvalue weighted by Gasteiger charge is -2.23. The van der Waals surface area contributed by atoms with E-state index >= 15 is 0 Å². The number of imidazole rings is 1. The van der Waals surface area contributed by atoms with Crippen LogP contribution in [0.3, 0.4) is 0 Å². The molecule has 152 valence electrons. The Bertz CT molecular complexity index is 1220. The molecule has 1 unspecified atom stereocenters. The molecule has 2 N–H and O–H groups in total. The van der Waals surface area contributed by atoms with Crippen molar-refractivity contribution in [2.24, 2.45) is 0 Å². The predicted molar refractivity (Wildman–Crippen MR) is 97.7 cm³/mol. The van der Waals surface area contributed by atoms with Crippen molar-refractivity contribution >= 4 is 22.8 Å². The van der Waals surface area contributed by atoms with Crippen molar-refractivity contribution in [1.29, 1.82) is 10.5 Å². The summed E-state index contributed by atoms with van der Waals surface area (Å²) in [7, 11) is 0. The fourth-order valence-corrected chi connectivity index (χ4v) is 2.76. The average molecular weight is 414 g/mol. The molecule has 0 saturated heterocycles. The van der Waals surface area contributed by atoms with Gasteiger partial charge in [-0.25, -0.2) is 9.97 Å². The number of carbonyl (C=O) groups is 1. The lowest BCUT2D eigenvalue weighted by atomic mass is 10.0. The molecule has 0 radical (unpaired) electrons. The number of pyridine rings is 1. The van der Waals surface area contributed by atoms with Gasteiger partial charge in [-0.15, -0.1) is 0 Å². The van der Waals surface area contributed by atoms with E-state index in [-0.39, 0.29) is 23.6 Å². The number of hydrogen-bond donors (Lipinski definition) is 2. The number of alkyl halides is 3. The second-order valence-electron chi connectivity index (χ2n) is 6.62. The third kappa shape index (κ3) is 4.06. The Hall–Kier alpha value is -3.96. The highest BCUT2D eigenvalue weighted by Gasteiger charge is 2.35. The summed E-state index contributed by atoms with van der Waals surface area (Å²) in [5, 5.41) is 30.5. The van der Waals surface area contributed by atoms with E-state index in [1.807, 2.05) is 6.07 Å². The number of nitrogens with one attached hydrogen (secondary N) is 1. The van der Waals surface area contributed by atoms with Crippen LogP contribution in [0.15, 0.2) is 36.7 Å². The maximum absolute atomic E-state index is 13.1. The number of carbonyl (C=O) groups excluding carboxylic acids is 1. The minimum Gasteiger partial charge on any atom is -0.378 e. The summed E-state index contributed by atoms with van der Waals surface area (Å²) in [6.45, 7) is 0.922. The summed E-state index contributed by atoms with van der Waals surface area (Å²) in [5.41, 5.74) is -3.16. The summed E-state index contributed by atoms with van der Waals surface area (Å²) >= 11 is 0. The number of rotatable bonds is 4. The number of fused-ring (bicyclic) bond motifs is 1. The van der Waals surface area contributed by atoms with E-state index in [1.165, 1.54) is 30.0 Å². The predicted octanol–water partition coefficient (Wildman–Crippen LogP) is 2.58. The summed E-state index contributed by atoms with van der Waals surface area (Å²) in [4.78, 5) is 20.5. The standard InChI is InChI=1S/C19H13F3N6O2/c1-18(30,9-28-10-25-16-15(28)5-4-13(8-24)26-16)17(29)27-12-3-2-11(7-23)14(6-12)19(20,21)22/h2-6,10,30H,9H2,1H3,(H,27,29). The molecule has 1 atom stereocenters. The highest BCUT2D eigenvalue weighted by Crippen LogP contribution is 2.33. The van der Waals surface area contributed by atoms with Gasteiger partial charge >= 0.3 is 6.18 Å². The molecule has 0 fully saturated rings. The Labute approximate surface area is 167 Å². The Morgan fingerprint density at radius 1 is 1.23 bits per heavy atom. The third-order valence-corrected chi connectivity index (χ3v) is 4.27. The maximum atomic E-state index is 13.1. The second kappa shape index (κ2) is 7.46. The molecule has 11 heteroatoms. The van der Waals surface area contributed by atoms with Crippen molar-refractivity contribution in [3.8, 4) is 12.1 Å². The summed E-state index contributed by atoms with van der Waals surface area (Å²) in [6.07, 6.45) is -3.45. The van der Waals surface area contributed by atoms with Gasteiger partial charge in [-0.2, -0.15) is 23.7 Å². The van der Waals surface area contributed by atoms with Gasteiger partial charge in [0, 0.05) is 5.69 Å². The number of hydrogen-bond acceptors (Lipinski definition) is 6. The first-order valence-corrected chi connectivity index (χ1v) is 8.42. The first-order chi connectivity index (χ1) is 14.0. The quantitative estimate of drug-likeness (QED) is 0.675. The zero-order valence-electron chi connectivity index (χ0n) is 15.4.